The van der Waals surface area contributed by atoms with Crippen molar-refractivity contribution in [3.63, 3.8) is 0 Å². The Bertz CT molecular complexity index is 1450. The van der Waals surface area contributed by atoms with Crippen LogP contribution in [0.1, 0.15) is 29.8 Å². The second kappa shape index (κ2) is 9.83. The van der Waals surface area contributed by atoms with Gasteiger partial charge in [0.05, 0.1) is 48.3 Å². The summed E-state index contributed by atoms with van der Waals surface area (Å²) < 4.78 is 40.6. The second-order valence-corrected chi connectivity index (χ2v) is 9.15. The molecule has 1 fully saturated rings. The molecule has 1 atom stereocenters. The molecule has 36 heavy (non-hydrogen) atoms. The first-order valence-corrected chi connectivity index (χ1v) is 11.8. The lowest BCUT2D eigenvalue weighted by molar-refractivity contribution is -0.139. The molecule has 0 radical (unpaired) electrons. The Balaban J connectivity index is 1.46. The number of nitrogens with one attached hydrogen (secondary N) is 1. The largest absolute Gasteiger partial charge is 0.487 e. The van der Waals surface area contributed by atoms with Crippen LogP contribution in [0.25, 0.3) is 16.6 Å². The molecular weight excluding hydrogens is 490 g/mol. The number of pyridine rings is 1. The van der Waals surface area contributed by atoms with Crippen LogP contribution in [0.5, 0.6) is 5.75 Å². The molecule has 0 spiro atoms. The first kappa shape index (κ1) is 24.1. The molecule has 2 aromatic carbocycles. The average molecular weight is 513 g/mol. The number of carbonyl (C=O) groups excluding carboxylic acids is 1. The number of halogens is 3. The van der Waals surface area contributed by atoms with E-state index in [1.54, 1.807) is 19.1 Å². The molecule has 1 aliphatic heterocycles. The summed E-state index contributed by atoms with van der Waals surface area (Å²) >= 11 is 6.42. The van der Waals surface area contributed by atoms with Gasteiger partial charge in [-0.25, -0.2) is 18.4 Å². The zero-order valence-electron chi connectivity index (χ0n) is 19.6. The molecule has 186 valence electrons. The molecule has 1 aliphatic rings. The molecule has 3 heterocycles. The van der Waals surface area contributed by atoms with Crippen molar-refractivity contribution in [2.75, 3.05) is 13.2 Å². The predicted octanol–water partition coefficient (Wildman–Crippen LogP) is 5.06. The molecule has 1 saturated heterocycles. The standard InChI is InChI=1S/C26H23ClF2N4O3/c1-14-6-23(33-10-18(29)9-30-33)19-4-3-5-24(25(19)31-14)36-13-21-20(7-17(28)8-22(21)27)15(2)32-26(34)16-11-35-12-16/h3-10,15-16H,11-13H2,1-2H3,(H,32,34)/t15-/m0/s1. The van der Waals surface area contributed by atoms with E-state index in [2.05, 4.69) is 15.4 Å². The highest BCUT2D eigenvalue weighted by Crippen LogP contribution is 2.32. The van der Waals surface area contributed by atoms with Crippen molar-refractivity contribution in [3.05, 3.63) is 82.3 Å². The quantitative estimate of drug-likeness (QED) is 0.374. The molecule has 4 aromatic rings. The molecule has 1 amide bonds. The van der Waals surface area contributed by atoms with Gasteiger partial charge in [-0.15, -0.1) is 0 Å². The van der Waals surface area contributed by atoms with E-state index in [1.807, 2.05) is 19.1 Å². The Hall–Kier alpha value is -3.56. The monoisotopic (exact) mass is 512 g/mol. The van der Waals surface area contributed by atoms with E-state index in [1.165, 1.54) is 23.0 Å². The van der Waals surface area contributed by atoms with Crippen LogP contribution in [-0.4, -0.2) is 33.9 Å². The number of fused-ring (bicyclic) bond motifs is 1. The fourth-order valence-corrected chi connectivity index (χ4v) is 4.44. The van der Waals surface area contributed by atoms with Crippen LogP contribution in [0.4, 0.5) is 8.78 Å². The number of amides is 1. The molecule has 1 N–H and O–H groups in total. The Labute approximate surface area is 211 Å². The predicted molar refractivity (Wildman–Crippen MR) is 130 cm³/mol. The highest BCUT2D eigenvalue weighted by Gasteiger charge is 2.28. The van der Waals surface area contributed by atoms with Crippen LogP contribution >= 0.6 is 11.6 Å². The van der Waals surface area contributed by atoms with E-state index in [0.717, 1.165) is 11.6 Å². The Morgan fingerprint density at radius 2 is 2.08 bits per heavy atom. The SMILES string of the molecule is Cc1cc(-n2cc(F)cn2)c2cccc(OCc3c(Cl)cc(F)cc3[C@H](C)NC(=O)C3COC3)c2n1. The summed E-state index contributed by atoms with van der Waals surface area (Å²) in [7, 11) is 0. The maximum absolute atomic E-state index is 14.3. The number of ether oxygens (including phenoxy) is 2. The molecule has 0 saturated carbocycles. The van der Waals surface area contributed by atoms with E-state index >= 15 is 0 Å². The first-order valence-electron chi connectivity index (χ1n) is 11.4. The Kier molecular flexibility index (Phi) is 6.59. The van der Waals surface area contributed by atoms with Crippen LogP contribution in [0.15, 0.2) is 48.8 Å². The summed E-state index contributed by atoms with van der Waals surface area (Å²) in [5, 5.41) is 7.89. The van der Waals surface area contributed by atoms with E-state index in [4.69, 9.17) is 21.1 Å². The highest BCUT2D eigenvalue weighted by atomic mass is 35.5. The van der Waals surface area contributed by atoms with Crippen molar-refractivity contribution < 1.29 is 23.0 Å². The minimum absolute atomic E-state index is 0.0155. The molecular formula is C26H23ClF2N4O3. The third-order valence-electron chi connectivity index (χ3n) is 6.11. The van der Waals surface area contributed by atoms with Gasteiger partial charge in [0.2, 0.25) is 5.91 Å². The van der Waals surface area contributed by atoms with Crippen LogP contribution in [-0.2, 0) is 16.1 Å². The molecule has 2 aromatic heterocycles. The van der Waals surface area contributed by atoms with Gasteiger partial charge in [-0.05, 0) is 43.7 Å². The van der Waals surface area contributed by atoms with Crippen molar-refractivity contribution >= 4 is 28.4 Å². The summed E-state index contributed by atoms with van der Waals surface area (Å²) in [4.78, 5) is 17.0. The number of aromatic nitrogens is 3. The normalized spacial score (nSPS) is 14.5. The zero-order chi connectivity index (χ0) is 25.4. The third-order valence-corrected chi connectivity index (χ3v) is 6.44. The van der Waals surface area contributed by atoms with E-state index < -0.39 is 17.7 Å². The van der Waals surface area contributed by atoms with E-state index in [9.17, 15) is 13.6 Å². The van der Waals surface area contributed by atoms with Gasteiger partial charge >= 0.3 is 0 Å². The van der Waals surface area contributed by atoms with Gasteiger partial charge in [0.25, 0.3) is 0 Å². The summed E-state index contributed by atoms with van der Waals surface area (Å²) in [5.74, 6) is -0.851. The fraction of sp³-hybridized carbons (Fsp3) is 0.269. The molecule has 7 nitrogen and oxygen atoms in total. The van der Waals surface area contributed by atoms with Crippen molar-refractivity contribution in [3.8, 4) is 11.4 Å². The van der Waals surface area contributed by atoms with Crippen molar-refractivity contribution in [2.24, 2.45) is 5.92 Å². The van der Waals surface area contributed by atoms with E-state index in [0.29, 0.717) is 47.0 Å². The summed E-state index contributed by atoms with van der Waals surface area (Å²) in [5.41, 5.74) is 2.99. The summed E-state index contributed by atoms with van der Waals surface area (Å²) in [6.45, 7) is 4.36. The lowest BCUT2D eigenvalue weighted by Gasteiger charge is -2.27. The maximum atomic E-state index is 14.3. The number of hydrogen-bond donors (Lipinski definition) is 1. The van der Waals surface area contributed by atoms with Crippen molar-refractivity contribution in [1.82, 2.24) is 20.1 Å². The fourth-order valence-electron chi connectivity index (χ4n) is 4.18. The molecule has 0 bridgehead atoms. The Morgan fingerprint density at radius 1 is 1.28 bits per heavy atom. The van der Waals surface area contributed by atoms with Crippen LogP contribution in [0, 0.1) is 24.5 Å². The smallest absolute Gasteiger partial charge is 0.228 e. The van der Waals surface area contributed by atoms with Gasteiger partial charge in [0.1, 0.15) is 23.7 Å². The molecule has 0 aliphatic carbocycles. The van der Waals surface area contributed by atoms with Crippen molar-refractivity contribution in [2.45, 2.75) is 26.5 Å². The average Bonchev–Trinajstić information content (AvgIpc) is 3.22. The van der Waals surface area contributed by atoms with Gasteiger partial charge in [0, 0.05) is 16.6 Å². The highest BCUT2D eigenvalue weighted by molar-refractivity contribution is 6.31. The van der Waals surface area contributed by atoms with Crippen LogP contribution in [0.2, 0.25) is 5.02 Å². The topological polar surface area (TPSA) is 78.3 Å². The second-order valence-electron chi connectivity index (χ2n) is 8.75. The number of nitrogens with zero attached hydrogens (tertiary/aromatic N) is 3. The minimum Gasteiger partial charge on any atom is -0.487 e. The third kappa shape index (κ3) is 4.76. The molecule has 0 unspecified atom stereocenters. The Morgan fingerprint density at radius 3 is 2.78 bits per heavy atom. The minimum atomic E-state index is -0.509. The lowest BCUT2D eigenvalue weighted by atomic mass is 10.00. The van der Waals surface area contributed by atoms with Gasteiger partial charge in [-0.1, -0.05) is 23.7 Å². The summed E-state index contributed by atoms with van der Waals surface area (Å²) in [6, 6.07) is 9.29. The van der Waals surface area contributed by atoms with Crippen LogP contribution in [0.3, 0.4) is 0 Å². The van der Waals surface area contributed by atoms with Gasteiger partial charge < -0.3 is 14.8 Å². The number of hydrogen-bond acceptors (Lipinski definition) is 5. The summed E-state index contributed by atoms with van der Waals surface area (Å²) in [6.07, 6.45) is 2.43. The van der Waals surface area contributed by atoms with Gasteiger partial charge in [-0.3, -0.25) is 4.79 Å². The lowest BCUT2D eigenvalue weighted by Crippen LogP contribution is -2.43. The van der Waals surface area contributed by atoms with Gasteiger partial charge in [-0.2, -0.15) is 5.10 Å². The first-order chi connectivity index (χ1) is 17.3. The number of para-hydroxylation sites is 1. The van der Waals surface area contributed by atoms with Gasteiger partial charge in [0.15, 0.2) is 5.82 Å². The number of rotatable bonds is 7. The maximum Gasteiger partial charge on any atom is 0.228 e. The molecule has 5 rings (SSSR count). The van der Waals surface area contributed by atoms with Crippen molar-refractivity contribution in [1.29, 1.82) is 0 Å². The number of carbonyl (C=O) groups is 1. The van der Waals surface area contributed by atoms with Crippen LogP contribution < -0.4 is 10.1 Å². The van der Waals surface area contributed by atoms with E-state index in [-0.39, 0.29) is 23.5 Å². The molecule has 10 heteroatoms. The number of benzene rings is 2. The number of aryl methyl sites for hydroxylation is 1. The zero-order valence-corrected chi connectivity index (χ0v) is 20.4.